The molecule has 3 heteroatoms. The topological polar surface area (TPSA) is 35.5 Å². The summed E-state index contributed by atoms with van der Waals surface area (Å²) in [6.07, 6.45) is 3.83. The third-order valence-corrected chi connectivity index (χ3v) is 3.04. The lowest BCUT2D eigenvalue weighted by Crippen LogP contribution is -2.41. The molecule has 3 nitrogen and oxygen atoms in total. The summed E-state index contributed by atoms with van der Waals surface area (Å²) < 4.78 is 10.1. The lowest BCUT2D eigenvalue weighted by molar-refractivity contribution is -0.135. The van der Waals surface area contributed by atoms with E-state index in [1.165, 1.54) is 7.11 Å². The van der Waals surface area contributed by atoms with Gasteiger partial charge in [-0.1, -0.05) is 6.92 Å². The molecule has 0 spiro atoms. The van der Waals surface area contributed by atoms with Crippen molar-refractivity contribution >= 4 is 5.97 Å². The Morgan fingerprint density at radius 2 is 2.54 bits per heavy atom. The van der Waals surface area contributed by atoms with Crippen molar-refractivity contribution in [2.75, 3.05) is 13.7 Å². The van der Waals surface area contributed by atoms with Gasteiger partial charge in [0.05, 0.1) is 13.2 Å². The number of rotatable bonds is 1. The van der Waals surface area contributed by atoms with Gasteiger partial charge in [-0.3, -0.25) is 0 Å². The fraction of sp³-hybridized carbons (Fsp3) is 0.700. The standard InChI is InChI=1S/C10H14O3/c1-10-3-4-13-9(10)7(6-10)5-8(11)12-2/h5,9H,3-4,6H2,1-2H3/b7-5-/t9-,10+/m1/s1. The van der Waals surface area contributed by atoms with Gasteiger partial charge >= 0.3 is 5.97 Å². The fourth-order valence-electron chi connectivity index (χ4n) is 2.24. The number of esters is 1. The predicted octanol–water partition coefficient (Wildman–Crippen LogP) is 1.28. The Hall–Kier alpha value is -0.830. The van der Waals surface area contributed by atoms with Crippen molar-refractivity contribution < 1.29 is 14.3 Å². The van der Waals surface area contributed by atoms with Gasteiger partial charge in [0.25, 0.3) is 0 Å². The first-order valence-electron chi connectivity index (χ1n) is 4.56. The highest BCUT2D eigenvalue weighted by Gasteiger charge is 2.51. The van der Waals surface area contributed by atoms with Crippen molar-refractivity contribution in [1.82, 2.24) is 0 Å². The first-order valence-corrected chi connectivity index (χ1v) is 4.56. The lowest BCUT2D eigenvalue weighted by atomic mass is 9.64. The maximum absolute atomic E-state index is 11.0. The van der Waals surface area contributed by atoms with Gasteiger partial charge in [-0.2, -0.15) is 0 Å². The monoisotopic (exact) mass is 182 g/mol. The van der Waals surface area contributed by atoms with Gasteiger partial charge in [0, 0.05) is 18.1 Å². The number of methoxy groups -OCH3 is 1. The second-order valence-corrected chi connectivity index (χ2v) is 4.07. The number of ether oxygens (including phenoxy) is 2. The molecule has 0 aromatic rings. The quantitative estimate of drug-likeness (QED) is 0.452. The fourth-order valence-corrected chi connectivity index (χ4v) is 2.24. The third-order valence-electron chi connectivity index (χ3n) is 3.04. The minimum Gasteiger partial charge on any atom is -0.466 e. The van der Waals surface area contributed by atoms with E-state index in [4.69, 9.17) is 4.74 Å². The van der Waals surface area contributed by atoms with Crippen molar-refractivity contribution in [2.45, 2.75) is 25.9 Å². The highest BCUT2D eigenvalue weighted by molar-refractivity contribution is 5.83. The zero-order chi connectivity index (χ0) is 9.47. The molecule has 0 unspecified atom stereocenters. The first kappa shape index (κ1) is 8.75. The van der Waals surface area contributed by atoms with Crippen LogP contribution in [0, 0.1) is 5.41 Å². The Balaban J connectivity index is 2.07. The Labute approximate surface area is 77.7 Å². The van der Waals surface area contributed by atoms with Gasteiger partial charge in [-0.15, -0.1) is 0 Å². The number of fused-ring (bicyclic) bond motifs is 1. The summed E-state index contributed by atoms with van der Waals surface area (Å²) in [5, 5.41) is 0. The Morgan fingerprint density at radius 3 is 3.15 bits per heavy atom. The average Bonchev–Trinajstić information content (AvgIpc) is 2.38. The molecule has 0 amide bonds. The van der Waals surface area contributed by atoms with Gasteiger partial charge in [-0.25, -0.2) is 4.79 Å². The second-order valence-electron chi connectivity index (χ2n) is 4.07. The van der Waals surface area contributed by atoms with Crippen molar-refractivity contribution in [3.8, 4) is 0 Å². The summed E-state index contributed by atoms with van der Waals surface area (Å²) in [6, 6.07) is 0. The normalized spacial score (nSPS) is 39.8. The van der Waals surface area contributed by atoms with Gasteiger partial charge < -0.3 is 9.47 Å². The smallest absolute Gasteiger partial charge is 0.330 e. The molecule has 0 bridgehead atoms. The lowest BCUT2D eigenvalue weighted by Gasteiger charge is -2.42. The van der Waals surface area contributed by atoms with Crippen molar-refractivity contribution in [3.05, 3.63) is 11.6 Å². The molecular weight excluding hydrogens is 168 g/mol. The number of carbonyl (C=O) groups excluding carboxylic acids is 1. The van der Waals surface area contributed by atoms with E-state index in [2.05, 4.69) is 11.7 Å². The molecule has 2 rings (SSSR count). The minimum absolute atomic E-state index is 0.173. The molecule has 1 aliphatic heterocycles. The molecule has 0 aromatic carbocycles. The van der Waals surface area contributed by atoms with Gasteiger partial charge in [0.1, 0.15) is 0 Å². The SMILES string of the molecule is COC(=O)/C=C1/C[C@]2(C)CCO[C@H]12. The molecule has 72 valence electrons. The summed E-state index contributed by atoms with van der Waals surface area (Å²) in [5.41, 5.74) is 1.38. The largest absolute Gasteiger partial charge is 0.466 e. The number of hydrogen-bond acceptors (Lipinski definition) is 3. The molecule has 13 heavy (non-hydrogen) atoms. The molecule has 2 fully saturated rings. The molecule has 2 atom stereocenters. The third kappa shape index (κ3) is 1.27. The van der Waals surface area contributed by atoms with E-state index in [0.717, 1.165) is 25.0 Å². The van der Waals surface area contributed by atoms with Crippen LogP contribution in [0.5, 0.6) is 0 Å². The molecule has 1 heterocycles. The van der Waals surface area contributed by atoms with Crippen LogP contribution in [0.3, 0.4) is 0 Å². The van der Waals surface area contributed by atoms with E-state index in [0.29, 0.717) is 5.41 Å². The van der Waals surface area contributed by atoms with Crippen molar-refractivity contribution in [3.63, 3.8) is 0 Å². The van der Waals surface area contributed by atoms with E-state index in [9.17, 15) is 4.79 Å². The first-order chi connectivity index (χ1) is 6.15. The Bertz CT molecular complexity index is 269. The van der Waals surface area contributed by atoms with E-state index in [-0.39, 0.29) is 12.1 Å². The van der Waals surface area contributed by atoms with Crippen LogP contribution in [-0.4, -0.2) is 25.8 Å². The molecule has 1 saturated carbocycles. The summed E-state index contributed by atoms with van der Waals surface area (Å²) in [5.74, 6) is -0.271. The van der Waals surface area contributed by atoms with Crippen LogP contribution >= 0.6 is 0 Å². The molecule has 0 aromatic heterocycles. The zero-order valence-electron chi connectivity index (χ0n) is 8.00. The maximum atomic E-state index is 11.0. The molecule has 0 radical (unpaired) electrons. The molecule has 1 saturated heterocycles. The van der Waals surface area contributed by atoms with Crippen LogP contribution in [0.4, 0.5) is 0 Å². The maximum Gasteiger partial charge on any atom is 0.330 e. The predicted molar refractivity (Wildman–Crippen MR) is 47.2 cm³/mol. The summed E-state index contributed by atoms with van der Waals surface area (Å²) in [7, 11) is 1.40. The number of carbonyl (C=O) groups is 1. The summed E-state index contributed by atoms with van der Waals surface area (Å²) >= 11 is 0. The van der Waals surface area contributed by atoms with E-state index in [1.54, 1.807) is 6.08 Å². The van der Waals surface area contributed by atoms with Gasteiger partial charge in [-0.05, 0) is 18.4 Å². The molecular formula is C10H14O3. The number of hydrogen-bond donors (Lipinski definition) is 0. The van der Waals surface area contributed by atoms with Crippen LogP contribution in [-0.2, 0) is 14.3 Å². The second kappa shape index (κ2) is 2.84. The van der Waals surface area contributed by atoms with Crippen LogP contribution in [0.2, 0.25) is 0 Å². The van der Waals surface area contributed by atoms with Crippen molar-refractivity contribution in [1.29, 1.82) is 0 Å². The Morgan fingerprint density at radius 1 is 1.77 bits per heavy atom. The zero-order valence-corrected chi connectivity index (χ0v) is 8.00. The van der Waals surface area contributed by atoms with Crippen LogP contribution in [0.1, 0.15) is 19.8 Å². The van der Waals surface area contributed by atoms with E-state index in [1.807, 2.05) is 0 Å². The Kier molecular flexibility index (Phi) is 1.91. The minimum atomic E-state index is -0.271. The van der Waals surface area contributed by atoms with Crippen LogP contribution in [0.25, 0.3) is 0 Å². The molecule has 2 aliphatic rings. The highest BCUT2D eigenvalue weighted by atomic mass is 16.5. The van der Waals surface area contributed by atoms with Gasteiger partial charge in [0.15, 0.2) is 0 Å². The molecule has 0 N–H and O–H groups in total. The average molecular weight is 182 g/mol. The van der Waals surface area contributed by atoms with Crippen molar-refractivity contribution in [2.24, 2.45) is 5.41 Å². The van der Waals surface area contributed by atoms with E-state index < -0.39 is 0 Å². The molecule has 1 aliphatic carbocycles. The van der Waals surface area contributed by atoms with Crippen LogP contribution in [0.15, 0.2) is 11.6 Å². The summed E-state index contributed by atoms with van der Waals surface area (Å²) in [6.45, 7) is 3.03. The van der Waals surface area contributed by atoms with E-state index >= 15 is 0 Å². The van der Waals surface area contributed by atoms with Crippen LogP contribution < -0.4 is 0 Å². The summed E-state index contributed by atoms with van der Waals surface area (Å²) in [4.78, 5) is 11.0. The van der Waals surface area contributed by atoms with Gasteiger partial charge in [0.2, 0.25) is 0 Å². The highest BCUT2D eigenvalue weighted by Crippen LogP contribution is 2.53.